The van der Waals surface area contributed by atoms with Crippen molar-refractivity contribution in [3.05, 3.63) is 102 Å². The van der Waals surface area contributed by atoms with E-state index >= 15 is 0 Å². The molecule has 2 N–H and O–H groups in total. The zero-order chi connectivity index (χ0) is 25.7. The van der Waals surface area contributed by atoms with E-state index in [9.17, 15) is 4.79 Å². The van der Waals surface area contributed by atoms with E-state index in [-0.39, 0.29) is 6.04 Å². The van der Waals surface area contributed by atoms with Crippen LogP contribution in [0.1, 0.15) is 35.7 Å². The maximum atomic E-state index is 11.7. The average molecular weight is 503 g/mol. The molecule has 0 aliphatic carbocycles. The molecule has 7 nitrogen and oxygen atoms in total. The molecule has 0 spiro atoms. The lowest BCUT2D eigenvalue weighted by Gasteiger charge is -2.32. The van der Waals surface area contributed by atoms with E-state index in [1.165, 1.54) is 5.56 Å². The Morgan fingerprint density at radius 2 is 1.71 bits per heavy atom. The molecule has 1 fully saturated rings. The zero-order valence-corrected chi connectivity index (χ0v) is 21.1. The van der Waals surface area contributed by atoms with Gasteiger partial charge in [-0.1, -0.05) is 54.6 Å². The monoisotopic (exact) mass is 502 g/mol. The molecule has 4 heterocycles. The van der Waals surface area contributed by atoms with Crippen molar-refractivity contribution in [1.82, 2.24) is 25.2 Å². The van der Waals surface area contributed by atoms with Gasteiger partial charge in [0.1, 0.15) is 12.3 Å². The number of piperidine rings is 1. The molecule has 1 atom stereocenters. The summed E-state index contributed by atoms with van der Waals surface area (Å²) < 4.78 is 0. The Balaban J connectivity index is 1.19. The number of carbonyl (C=O) groups excluding carboxylic acids is 1. The molecule has 0 saturated carbocycles. The summed E-state index contributed by atoms with van der Waals surface area (Å²) in [5.41, 5.74) is 7.12. The van der Waals surface area contributed by atoms with E-state index in [1.54, 1.807) is 18.6 Å². The fraction of sp³-hybridized carbons (Fsp3) is 0.226. The third-order valence-electron chi connectivity index (χ3n) is 7.28. The Kier molecular flexibility index (Phi) is 6.91. The van der Waals surface area contributed by atoms with Crippen molar-refractivity contribution in [1.29, 1.82) is 0 Å². The number of carbonyl (C=O) groups is 1. The number of benzene rings is 2. The van der Waals surface area contributed by atoms with Crippen LogP contribution in [0.2, 0.25) is 0 Å². The molecule has 4 aromatic rings. The Morgan fingerprint density at radius 3 is 2.45 bits per heavy atom. The Morgan fingerprint density at radius 1 is 0.947 bits per heavy atom. The highest BCUT2D eigenvalue weighted by molar-refractivity contribution is 5.84. The van der Waals surface area contributed by atoms with Gasteiger partial charge in [-0.25, -0.2) is 15.0 Å². The molecule has 2 aromatic carbocycles. The van der Waals surface area contributed by atoms with E-state index in [0.717, 1.165) is 72.4 Å². The summed E-state index contributed by atoms with van der Waals surface area (Å²) in [4.78, 5) is 27.8. The van der Waals surface area contributed by atoms with Crippen molar-refractivity contribution < 1.29 is 4.79 Å². The highest BCUT2D eigenvalue weighted by atomic mass is 16.1. The second kappa shape index (κ2) is 10.9. The molecule has 2 aromatic heterocycles. The lowest BCUT2D eigenvalue weighted by atomic mass is 9.93. The second-order valence-corrected chi connectivity index (χ2v) is 9.80. The number of hydrogen-bond acceptors (Lipinski definition) is 7. The number of rotatable bonds is 7. The van der Waals surface area contributed by atoms with Crippen LogP contribution in [0.3, 0.4) is 0 Å². The molecule has 2 aliphatic heterocycles. The number of hydrogen-bond donors (Lipinski definition) is 2. The third-order valence-corrected chi connectivity index (χ3v) is 7.28. The lowest BCUT2D eigenvalue weighted by molar-refractivity contribution is -0.109. The number of pyridine rings is 1. The molecule has 0 amide bonds. The highest BCUT2D eigenvalue weighted by Crippen LogP contribution is 2.35. The van der Waals surface area contributed by atoms with Crippen LogP contribution in [0.15, 0.2) is 85.3 Å². The summed E-state index contributed by atoms with van der Waals surface area (Å²) >= 11 is 0. The van der Waals surface area contributed by atoms with Gasteiger partial charge in [-0.15, -0.1) is 0 Å². The zero-order valence-electron chi connectivity index (χ0n) is 21.1. The summed E-state index contributed by atoms with van der Waals surface area (Å²) in [6, 6.07) is 23.0. The predicted octanol–water partition coefficient (Wildman–Crippen LogP) is 5.10. The van der Waals surface area contributed by atoms with Crippen LogP contribution in [0.5, 0.6) is 0 Å². The van der Waals surface area contributed by atoms with Gasteiger partial charge >= 0.3 is 0 Å². The Labute approximate surface area is 222 Å². The third kappa shape index (κ3) is 5.19. The molecule has 0 bridgehead atoms. The summed E-state index contributed by atoms with van der Waals surface area (Å²) in [5, 5.41) is 6.57. The summed E-state index contributed by atoms with van der Waals surface area (Å²) in [5.74, 6) is 0.709. The normalized spacial score (nSPS) is 17.4. The first-order valence-corrected chi connectivity index (χ1v) is 13.1. The van der Waals surface area contributed by atoms with Crippen LogP contribution in [-0.4, -0.2) is 45.3 Å². The van der Waals surface area contributed by atoms with Crippen molar-refractivity contribution in [2.24, 2.45) is 0 Å². The molecular weight excluding hydrogens is 472 g/mol. The minimum Gasteiger partial charge on any atom is -0.378 e. The second-order valence-electron chi connectivity index (χ2n) is 9.80. The standard InChI is InChI=1S/C31H30N6O/c38-21-29-27-19-26(23-5-2-1-3-6-23)30(36-28(27)11-16-32-29)24-9-7-22(8-10-24)20-37-17-12-25(13-18-37)35-31-33-14-4-15-34-31/h1-11,14-16,19,21,25,29,32H,12-13,17-18,20H2,(H,33,34,35). The molecule has 190 valence electrons. The average Bonchev–Trinajstić information content (AvgIpc) is 2.98. The SMILES string of the molecule is O=CC1NC=Cc2nc(-c3ccc(CN4CCC(Nc5ncccn5)CC4)cc3)c(-c3ccccc3)cc21. The van der Waals surface area contributed by atoms with Gasteiger partial charge in [0.05, 0.1) is 11.4 Å². The predicted molar refractivity (Wildman–Crippen MR) is 150 cm³/mol. The van der Waals surface area contributed by atoms with Crippen molar-refractivity contribution in [3.8, 4) is 22.4 Å². The van der Waals surface area contributed by atoms with E-state index < -0.39 is 0 Å². The van der Waals surface area contributed by atoms with Gasteiger partial charge in [0.2, 0.25) is 5.95 Å². The number of likely N-dealkylation sites (tertiary alicyclic amines) is 1. The number of fused-ring (bicyclic) bond motifs is 1. The van der Waals surface area contributed by atoms with Gasteiger partial charge in [0.15, 0.2) is 0 Å². The van der Waals surface area contributed by atoms with Crippen LogP contribution in [0.25, 0.3) is 28.5 Å². The largest absolute Gasteiger partial charge is 0.378 e. The Hall–Kier alpha value is -4.36. The van der Waals surface area contributed by atoms with Gasteiger partial charge in [0.25, 0.3) is 0 Å². The first kappa shape index (κ1) is 24.0. The minimum atomic E-state index is -0.388. The summed E-state index contributed by atoms with van der Waals surface area (Å²) in [6.45, 7) is 3.00. The molecule has 1 saturated heterocycles. The molecule has 1 unspecified atom stereocenters. The fourth-order valence-corrected chi connectivity index (χ4v) is 5.23. The smallest absolute Gasteiger partial charge is 0.222 e. The van der Waals surface area contributed by atoms with Gasteiger partial charge in [-0.3, -0.25) is 4.90 Å². The number of nitrogens with zero attached hydrogens (tertiary/aromatic N) is 4. The highest BCUT2D eigenvalue weighted by Gasteiger charge is 2.22. The van der Waals surface area contributed by atoms with Crippen LogP contribution < -0.4 is 10.6 Å². The van der Waals surface area contributed by atoms with Gasteiger partial charge in [0, 0.05) is 54.8 Å². The number of aromatic nitrogens is 3. The van der Waals surface area contributed by atoms with Gasteiger partial charge in [-0.2, -0.15) is 0 Å². The minimum absolute atomic E-state index is 0.388. The molecule has 7 heteroatoms. The van der Waals surface area contributed by atoms with Crippen molar-refractivity contribution in [3.63, 3.8) is 0 Å². The molecular formula is C31H30N6O. The maximum Gasteiger partial charge on any atom is 0.222 e. The topological polar surface area (TPSA) is 83.0 Å². The van der Waals surface area contributed by atoms with Crippen LogP contribution in [0.4, 0.5) is 5.95 Å². The number of nitrogens with one attached hydrogen (secondary N) is 2. The quantitative estimate of drug-likeness (QED) is 0.340. The van der Waals surface area contributed by atoms with Crippen molar-refractivity contribution in [2.45, 2.75) is 31.5 Å². The Bertz CT molecular complexity index is 1410. The maximum absolute atomic E-state index is 11.7. The fourth-order valence-electron chi connectivity index (χ4n) is 5.23. The number of anilines is 1. The summed E-state index contributed by atoms with van der Waals surface area (Å²) in [6.07, 6.45) is 10.3. The van der Waals surface area contributed by atoms with Crippen LogP contribution >= 0.6 is 0 Å². The van der Waals surface area contributed by atoms with Crippen molar-refractivity contribution >= 4 is 18.3 Å². The summed E-state index contributed by atoms with van der Waals surface area (Å²) in [7, 11) is 0. The molecule has 0 radical (unpaired) electrons. The van der Waals surface area contributed by atoms with E-state index in [2.05, 4.69) is 68.0 Å². The first-order chi connectivity index (χ1) is 18.8. The van der Waals surface area contributed by atoms with Gasteiger partial charge < -0.3 is 15.4 Å². The lowest BCUT2D eigenvalue weighted by Crippen LogP contribution is -2.38. The van der Waals surface area contributed by atoms with E-state index in [4.69, 9.17) is 4.98 Å². The van der Waals surface area contributed by atoms with Crippen LogP contribution in [-0.2, 0) is 11.3 Å². The molecule has 38 heavy (non-hydrogen) atoms. The van der Waals surface area contributed by atoms with E-state index in [0.29, 0.717) is 12.0 Å². The number of aldehydes is 1. The van der Waals surface area contributed by atoms with Crippen LogP contribution in [0, 0.1) is 0 Å². The van der Waals surface area contributed by atoms with Crippen molar-refractivity contribution in [2.75, 3.05) is 18.4 Å². The first-order valence-electron chi connectivity index (χ1n) is 13.1. The van der Waals surface area contributed by atoms with Gasteiger partial charge in [-0.05, 0) is 48.4 Å². The molecule has 6 rings (SSSR count). The van der Waals surface area contributed by atoms with E-state index in [1.807, 2.05) is 30.3 Å². The molecule has 2 aliphatic rings.